The number of benzene rings is 2. The first-order valence-corrected chi connectivity index (χ1v) is 8.49. The number of hydrogen-bond acceptors (Lipinski definition) is 5. The molecule has 0 bridgehead atoms. The van der Waals surface area contributed by atoms with E-state index in [-0.39, 0.29) is 18.3 Å². The lowest BCUT2D eigenvalue weighted by molar-refractivity contribution is -0.127. The summed E-state index contributed by atoms with van der Waals surface area (Å²) in [5.41, 5.74) is 1.74. The Balaban J connectivity index is 1.57. The fourth-order valence-electron chi connectivity index (χ4n) is 2.33. The number of rotatable bonds is 6. The van der Waals surface area contributed by atoms with E-state index in [2.05, 4.69) is 15.5 Å². The number of halogens is 1. The number of amides is 1. The van der Waals surface area contributed by atoms with Gasteiger partial charge in [-0.3, -0.25) is 4.79 Å². The quantitative estimate of drug-likeness (QED) is 0.713. The molecule has 134 valence electrons. The first-order valence-electron chi connectivity index (χ1n) is 8.11. The van der Waals surface area contributed by atoms with Gasteiger partial charge in [0.05, 0.1) is 11.6 Å². The Labute approximate surface area is 156 Å². The standard InChI is InChI=1S/C19H18ClN3O3/c1-12-6-5-7-14(10-12)25-13(2)19(24)21-11-17-22-18(23-26-17)15-8-3-4-9-16(15)20/h3-10,13H,11H2,1-2H3,(H,21,24)/t13-/m1/s1. The summed E-state index contributed by atoms with van der Waals surface area (Å²) in [5.74, 6) is 1.04. The van der Waals surface area contributed by atoms with Crippen molar-refractivity contribution in [3.63, 3.8) is 0 Å². The molecule has 0 aliphatic heterocycles. The van der Waals surface area contributed by atoms with Gasteiger partial charge in [-0.1, -0.05) is 41.0 Å². The van der Waals surface area contributed by atoms with Crippen LogP contribution >= 0.6 is 11.6 Å². The molecule has 0 spiro atoms. The normalized spacial score (nSPS) is 11.8. The van der Waals surface area contributed by atoms with Crippen LogP contribution in [0.1, 0.15) is 18.4 Å². The molecular weight excluding hydrogens is 354 g/mol. The smallest absolute Gasteiger partial charge is 0.261 e. The highest BCUT2D eigenvalue weighted by Crippen LogP contribution is 2.24. The van der Waals surface area contributed by atoms with Crippen molar-refractivity contribution >= 4 is 17.5 Å². The zero-order valence-electron chi connectivity index (χ0n) is 14.4. The molecule has 3 rings (SSSR count). The lowest BCUT2D eigenvalue weighted by atomic mass is 10.2. The fraction of sp³-hybridized carbons (Fsp3) is 0.211. The van der Waals surface area contributed by atoms with Crippen molar-refractivity contribution in [3.8, 4) is 17.1 Å². The van der Waals surface area contributed by atoms with Crippen LogP contribution in [0.25, 0.3) is 11.4 Å². The second kappa shape index (κ2) is 8.01. The third-order valence-electron chi connectivity index (χ3n) is 3.67. The summed E-state index contributed by atoms with van der Waals surface area (Å²) in [6, 6.07) is 14.7. The van der Waals surface area contributed by atoms with Crippen LogP contribution in [0.3, 0.4) is 0 Å². The second-order valence-electron chi connectivity index (χ2n) is 5.79. The van der Waals surface area contributed by atoms with Crippen LogP contribution < -0.4 is 10.1 Å². The van der Waals surface area contributed by atoms with Gasteiger partial charge in [0.25, 0.3) is 5.91 Å². The number of nitrogens with zero attached hydrogens (tertiary/aromatic N) is 2. The summed E-state index contributed by atoms with van der Waals surface area (Å²) in [6.07, 6.45) is -0.650. The molecule has 3 aromatic rings. The van der Waals surface area contributed by atoms with Gasteiger partial charge in [-0.2, -0.15) is 4.98 Å². The zero-order valence-corrected chi connectivity index (χ0v) is 15.2. The molecule has 0 radical (unpaired) electrons. The summed E-state index contributed by atoms with van der Waals surface area (Å²) in [4.78, 5) is 16.4. The molecule has 0 fully saturated rings. The van der Waals surface area contributed by atoms with E-state index >= 15 is 0 Å². The number of aromatic nitrogens is 2. The molecule has 2 aromatic carbocycles. The molecule has 26 heavy (non-hydrogen) atoms. The number of aryl methyl sites for hydroxylation is 1. The topological polar surface area (TPSA) is 77.2 Å². The highest BCUT2D eigenvalue weighted by atomic mass is 35.5. The van der Waals surface area contributed by atoms with Crippen LogP contribution in [0.2, 0.25) is 5.02 Å². The van der Waals surface area contributed by atoms with E-state index in [9.17, 15) is 4.79 Å². The van der Waals surface area contributed by atoms with Gasteiger partial charge < -0.3 is 14.6 Å². The third kappa shape index (κ3) is 4.40. The van der Waals surface area contributed by atoms with Crippen molar-refractivity contribution in [2.75, 3.05) is 0 Å². The Morgan fingerprint density at radius 3 is 2.85 bits per heavy atom. The Kier molecular flexibility index (Phi) is 5.53. The molecule has 0 aliphatic carbocycles. The third-order valence-corrected chi connectivity index (χ3v) is 4.00. The first-order chi connectivity index (χ1) is 12.5. The van der Waals surface area contributed by atoms with E-state index in [1.165, 1.54) is 0 Å². The monoisotopic (exact) mass is 371 g/mol. The van der Waals surface area contributed by atoms with Crippen LogP contribution in [-0.2, 0) is 11.3 Å². The van der Waals surface area contributed by atoms with Crippen LogP contribution in [0.15, 0.2) is 53.1 Å². The minimum atomic E-state index is -0.650. The molecule has 1 N–H and O–H groups in total. The lowest BCUT2D eigenvalue weighted by Gasteiger charge is -2.14. The first kappa shape index (κ1) is 17.9. The van der Waals surface area contributed by atoms with Gasteiger partial charge in [0.15, 0.2) is 6.10 Å². The van der Waals surface area contributed by atoms with Gasteiger partial charge in [-0.15, -0.1) is 0 Å². The van der Waals surface area contributed by atoms with E-state index in [1.54, 1.807) is 19.1 Å². The highest BCUT2D eigenvalue weighted by molar-refractivity contribution is 6.33. The van der Waals surface area contributed by atoms with Crippen LogP contribution in [0.5, 0.6) is 5.75 Å². The largest absolute Gasteiger partial charge is 0.481 e. The molecule has 0 saturated carbocycles. The highest BCUT2D eigenvalue weighted by Gasteiger charge is 2.17. The molecule has 0 aliphatic rings. The zero-order chi connectivity index (χ0) is 18.5. The molecule has 6 nitrogen and oxygen atoms in total. The molecule has 1 aromatic heterocycles. The Hall–Kier alpha value is -2.86. The van der Waals surface area contributed by atoms with Crippen molar-refractivity contribution in [2.45, 2.75) is 26.5 Å². The summed E-state index contributed by atoms with van der Waals surface area (Å²) < 4.78 is 10.8. The summed E-state index contributed by atoms with van der Waals surface area (Å²) in [5, 5.41) is 7.15. The van der Waals surface area contributed by atoms with Gasteiger partial charge in [0.2, 0.25) is 11.7 Å². The summed E-state index contributed by atoms with van der Waals surface area (Å²) in [7, 11) is 0. The van der Waals surface area contributed by atoms with Gasteiger partial charge in [-0.25, -0.2) is 0 Å². The van der Waals surface area contributed by atoms with Crippen molar-refractivity contribution in [3.05, 3.63) is 65.0 Å². The maximum Gasteiger partial charge on any atom is 0.261 e. The number of nitrogens with one attached hydrogen (secondary N) is 1. The number of ether oxygens (including phenoxy) is 1. The predicted octanol–water partition coefficient (Wildman–Crippen LogP) is 3.78. The van der Waals surface area contributed by atoms with E-state index in [0.717, 1.165) is 5.56 Å². The average molecular weight is 372 g/mol. The SMILES string of the molecule is Cc1cccc(O[C@H](C)C(=O)NCc2nc(-c3ccccc3Cl)no2)c1. The molecule has 7 heteroatoms. The van der Waals surface area contributed by atoms with Gasteiger partial charge >= 0.3 is 0 Å². The minimum Gasteiger partial charge on any atom is -0.481 e. The Bertz CT molecular complexity index is 910. The van der Waals surface area contributed by atoms with Gasteiger partial charge in [0, 0.05) is 5.56 Å². The van der Waals surface area contributed by atoms with Crippen molar-refractivity contribution < 1.29 is 14.1 Å². The molecule has 0 saturated heterocycles. The van der Waals surface area contributed by atoms with E-state index in [0.29, 0.717) is 22.2 Å². The molecular formula is C19H18ClN3O3. The Morgan fingerprint density at radius 1 is 1.27 bits per heavy atom. The maximum absolute atomic E-state index is 12.2. The van der Waals surface area contributed by atoms with Crippen LogP contribution in [0, 0.1) is 6.92 Å². The second-order valence-corrected chi connectivity index (χ2v) is 6.19. The van der Waals surface area contributed by atoms with Crippen LogP contribution in [-0.4, -0.2) is 22.2 Å². The van der Waals surface area contributed by atoms with Crippen molar-refractivity contribution in [1.29, 1.82) is 0 Å². The predicted molar refractivity (Wildman–Crippen MR) is 97.9 cm³/mol. The lowest BCUT2D eigenvalue weighted by Crippen LogP contribution is -2.36. The molecule has 1 amide bonds. The maximum atomic E-state index is 12.2. The van der Waals surface area contributed by atoms with Gasteiger partial charge in [-0.05, 0) is 43.7 Å². The van der Waals surface area contributed by atoms with E-state index in [1.807, 2.05) is 43.3 Å². The van der Waals surface area contributed by atoms with Gasteiger partial charge in [0.1, 0.15) is 5.75 Å². The Morgan fingerprint density at radius 2 is 2.08 bits per heavy atom. The molecule has 1 heterocycles. The number of carbonyl (C=O) groups excluding carboxylic acids is 1. The minimum absolute atomic E-state index is 0.109. The fourth-order valence-corrected chi connectivity index (χ4v) is 2.55. The van der Waals surface area contributed by atoms with E-state index < -0.39 is 6.10 Å². The van der Waals surface area contributed by atoms with E-state index in [4.69, 9.17) is 20.9 Å². The van der Waals surface area contributed by atoms with Crippen LogP contribution in [0.4, 0.5) is 0 Å². The number of carbonyl (C=O) groups is 1. The average Bonchev–Trinajstić information content (AvgIpc) is 3.09. The van der Waals surface area contributed by atoms with Crippen molar-refractivity contribution in [2.24, 2.45) is 0 Å². The molecule has 0 unspecified atom stereocenters. The summed E-state index contributed by atoms with van der Waals surface area (Å²) >= 11 is 6.12. The summed E-state index contributed by atoms with van der Waals surface area (Å²) in [6.45, 7) is 3.75. The number of hydrogen-bond donors (Lipinski definition) is 1. The van der Waals surface area contributed by atoms with Crippen molar-refractivity contribution in [1.82, 2.24) is 15.5 Å². The molecule has 1 atom stereocenters.